The Morgan fingerprint density at radius 2 is 2.29 bits per heavy atom. The number of nitrogens with zero attached hydrogens (tertiary/aromatic N) is 2. The van der Waals surface area contributed by atoms with Gasteiger partial charge in [0.25, 0.3) is 5.91 Å². The van der Waals surface area contributed by atoms with Gasteiger partial charge in [-0.2, -0.15) is 5.10 Å². The summed E-state index contributed by atoms with van der Waals surface area (Å²) in [6.45, 7) is 0.566. The molecule has 0 spiro atoms. The Hall–Kier alpha value is -2.83. The zero-order valence-electron chi connectivity index (χ0n) is 11.4. The van der Waals surface area contributed by atoms with Crippen molar-refractivity contribution in [1.29, 1.82) is 0 Å². The number of carbonyl (C=O) groups excluding carboxylic acids is 1. The lowest BCUT2D eigenvalue weighted by Crippen LogP contribution is -2.25. The van der Waals surface area contributed by atoms with Crippen LogP contribution in [0.15, 0.2) is 30.6 Å². The van der Waals surface area contributed by atoms with Crippen molar-refractivity contribution in [1.82, 2.24) is 25.5 Å². The first-order chi connectivity index (χ1) is 10.2. The minimum Gasteiger partial charge on any atom is -0.399 e. The number of aryl methyl sites for hydroxylation is 1. The number of nitrogens with two attached hydrogens (primary N) is 1. The number of anilines is 1. The summed E-state index contributed by atoms with van der Waals surface area (Å²) < 4.78 is 0. The van der Waals surface area contributed by atoms with Crippen molar-refractivity contribution in [3.05, 3.63) is 42.1 Å². The minimum absolute atomic E-state index is 0.203. The fourth-order valence-corrected chi connectivity index (χ4v) is 2.18. The largest absolute Gasteiger partial charge is 0.399 e. The van der Waals surface area contributed by atoms with E-state index in [1.54, 1.807) is 24.5 Å². The maximum atomic E-state index is 12.1. The van der Waals surface area contributed by atoms with Gasteiger partial charge in [-0.1, -0.05) is 0 Å². The molecule has 3 rings (SSSR count). The summed E-state index contributed by atoms with van der Waals surface area (Å²) in [6.07, 6.45) is 5.10. The van der Waals surface area contributed by atoms with E-state index in [0.29, 0.717) is 17.9 Å². The van der Waals surface area contributed by atoms with Gasteiger partial charge in [0.2, 0.25) is 0 Å². The molecule has 0 aliphatic rings. The standard InChI is InChI=1S/C14H16N6O/c15-9-3-4-11-10(8-9)13(20-19-11)14(21)18-5-1-2-12-16-6-7-17-12/h3-4,6-8H,1-2,5,15H2,(H,16,17)(H,18,21)(H,19,20). The molecule has 108 valence electrons. The van der Waals surface area contributed by atoms with Crippen LogP contribution in [-0.4, -0.2) is 32.6 Å². The van der Waals surface area contributed by atoms with E-state index in [1.165, 1.54) is 0 Å². The highest BCUT2D eigenvalue weighted by molar-refractivity contribution is 6.05. The Bertz CT molecular complexity index is 746. The Kier molecular flexibility index (Phi) is 3.55. The van der Waals surface area contributed by atoms with E-state index in [-0.39, 0.29) is 5.91 Å². The Morgan fingerprint density at radius 3 is 3.10 bits per heavy atom. The highest BCUT2D eigenvalue weighted by Crippen LogP contribution is 2.18. The van der Waals surface area contributed by atoms with Crippen molar-refractivity contribution < 1.29 is 4.79 Å². The second-order valence-electron chi connectivity index (χ2n) is 4.77. The average Bonchev–Trinajstić information content (AvgIpc) is 3.12. The molecule has 0 radical (unpaired) electrons. The normalized spacial score (nSPS) is 10.9. The van der Waals surface area contributed by atoms with Crippen LogP contribution in [0, 0.1) is 0 Å². The number of hydrogen-bond donors (Lipinski definition) is 4. The summed E-state index contributed by atoms with van der Waals surface area (Å²) in [5.74, 6) is 0.716. The Balaban J connectivity index is 1.60. The van der Waals surface area contributed by atoms with Crippen molar-refractivity contribution in [3.8, 4) is 0 Å². The molecule has 7 nitrogen and oxygen atoms in total. The molecular formula is C14H16N6O. The van der Waals surface area contributed by atoms with E-state index >= 15 is 0 Å². The van der Waals surface area contributed by atoms with Gasteiger partial charge in [0.1, 0.15) is 5.82 Å². The van der Waals surface area contributed by atoms with Gasteiger partial charge >= 0.3 is 0 Å². The molecule has 21 heavy (non-hydrogen) atoms. The highest BCUT2D eigenvalue weighted by Gasteiger charge is 2.13. The summed E-state index contributed by atoms with van der Waals surface area (Å²) in [6, 6.07) is 5.33. The van der Waals surface area contributed by atoms with Gasteiger partial charge in [-0.3, -0.25) is 9.89 Å². The van der Waals surface area contributed by atoms with E-state index in [2.05, 4.69) is 25.5 Å². The van der Waals surface area contributed by atoms with Crippen LogP contribution < -0.4 is 11.1 Å². The number of carbonyl (C=O) groups is 1. The Labute approximate surface area is 121 Å². The van der Waals surface area contributed by atoms with Gasteiger partial charge in [0.05, 0.1) is 5.52 Å². The van der Waals surface area contributed by atoms with Crippen molar-refractivity contribution in [2.75, 3.05) is 12.3 Å². The number of aromatic nitrogens is 4. The summed E-state index contributed by atoms with van der Waals surface area (Å²) >= 11 is 0. The number of hydrogen-bond acceptors (Lipinski definition) is 4. The van der Waals surface area contributed by atoms with Gasteiger partial charge in [0.15, 0.2) is 5.69 Å². The molecule has 0 saturated heterocycles. The number of imidazole rings is 1. The van der Waals surface area contributed by atoms with Crippen LogP contribution in [0.5, 0.6) is 0 Å². The second kappa shape index (κ2) is 5.66. The number of fused-ring (bicyclic) bond motifs is 1. The zero-order valence-corrected chi connectivity index (χ0v) is 11.4. The number of nitrogens with one attached hydrogen (secondary N) is 3. The molecular weight excluding hydrogens is 268 g/mol. The maximum Gasteiger partial charge on any atom is 0.272 e. The quantitative estimate of drug-likeness (QED) is 0.417. The maximum absolute atomic E-state index is 12.1. The van der Waals surface area contributed by atoms with Gasteiger partial charge in [-0.05, 0) is 24.6 Å². The van der Waals surface area contributed by atoms with Gasteiger partial charge in [-0.15, -0.1) is 0 Å². The lowest BCUT2D eigenvalue weighted by molar-refractivity contribution is 0.0950. The van der Waals surface area contributed by atoms with Crippen LogP contribution in [0.4, 0.5) is 5.69 Å². The molecule has 0 unspecified atom stereocenters. The third kappa shape index (κ3) is 2.86. The van der Waals surface area contributed by atoms with E-state index in [0.717, 1.165) is 29.6 Å². The van der Waals surface area contributed by atoms with Crippen LogP contribution in [0.3, 0.4) is 0 Å². The van der Waals surface area contributed by atoms with Crippen LogP contribution in [0.2, 0.25) is 0 Å². The van der Waals surface area contributed by atoms with Crippen LogP contribution in [0.1, 0.15) is 22.7 Å². The molecule has 7 heteroatoms. The predicted octanol–water partition coefficient (Wildman–Crippen LogP) is 1.23. The number of aromatic amines is 2. The van der Waals surface area contributed by atoms with Crippen molar-refractivity contribution in [2.45, 2.75) is 12.8 Å². The lowest BCUT2D eigenvalue weighted by Gasteiger charge is -2.03. The fraction of sp³-hybridized carbons (Fsp3) is 0.214. The van der Waals surface area contributed by atoms with Crippen molar-refractivity contribution in [3.63, 3.8) is 0 Å². The van der Waals surface area contributed by atoms with E-state index in [4.69, 9.17) is 5.73 Å². The molecule has 0 saturated carbocycles. The molecule has 1 amide bonds. The summed E-state index contributed by atoms with van der Waals surface area (Å²) in [5.41, 5.74) is 7.52. The molecule has 2 heterocycles. The first-order valence-corrected chi connectivity index (χ1v) is 6.74. The second-order valence-corrected chi connectivity index (χ2v) is 4.77. The SMILES string of the molecule is Nc1ccc2[nH]nc(C(=O)NCCCc3ncc[nH]3)c2c1. The van der Waals surface area contributed by atoms with Crippen LogP contribution in [-0.2, 0) is 6.42 Å². The van der Waals surface area contributed by atoms with E-state index < -0.39 is 0 Å². The monoisotopic (exact) mass is 284 g/mol. The molecule has 0 aliphatic carbocycles. The molecule has 0 aliphatic heterocycles. The molecule has 0 bridgehead atoms. The zero-order chi connectivity index (χ0) is 14.7. The number of nitrogen functional groups attached to an aromatic ring is 1. The first-order valence-electron chi connectivity index (χ1n) is 6.74. The Morgan fingerprint density at radius 1 is 1.38 bits per heavy atom. The van der Waals surface area contributed by atoms with Crippen LogP contribution >= 0.6 is 0 Å². The molecule has 1 aromatic carbocycles. The number of H-pyrrole nitrogens is 2. The number of amides is 1. The minimum atomic E-state index is -0.203. The van der Waals surface area contributed by atoms with E-state index in [1.807, 2.05) is 6.07 Å². The summed E-state index contributed by atoms with van der Waals surface area (Å²) in [7, 11) is 0. The lowest BCUT2D eigenvalue weighted by atomic mass is 10.2. The molecule has 0 fully saturated rings. The highest BCUT2D eigenvalue weighted by atomic mass is 16.1. The topological polar surface area (TPSA) is 112 Å². The summed E-state index contributed by atoms with van der Waals surface area (Å²) in [5, 5.41) is 10.5. The third-order valence-corrected chi connectivity index (χ3v) is 3.23. The van der Waals surface area contributed by atoms with Crippen molar-refractivity contribution >= 4 is 22.5 Å². The third-order valence-electron chi connectivity index (χ3n) is 3.23. The molecule has 0 atom stereocenters. The van der Waals surface area contributed by atoms with Gasteiger partial charge in [0, 0.05) is 36.4 Å². The van der Waals surface area contributed by atoms with Gasteiger partial charge in [-0.25, -0.2) is 4.98 Å². The van der Waals surface area contributed by atoms with E-state index in [9.17, 15) is 4.79 Å². The molecule has 3 aromatic rings. The molecule has 5 N–H and O–H groups in total. The van der Waals surface area contributed by atoms with Crippen LogP contribution in [0.25, 0.3) is 10.9 Å². The molecule has 2 aromatic heterocycles. The average molecular weight is 284 g/mol. The number of benzene rings is 1. The van der Waals surface area contributed by atoms with Crippen molar-refractivity contribution in [2.24, 2.45) is 0 Å². The smallest absolute Gasteiger partial charge is 0.272 e. The predicted molar refractivity (Wildman–Crippen MR) is 79.7 cm³/mol. The number of rotatable bonds is 5. The first kappa shape index (κ1) is 13.2. The fourth-order valence-electron chi connectivity index (χ4n) is 2.18. The van der Waals surface area contributed by atoms with Gasteiger partial charge < -0.3 is 16.0 Å². The summed E-state index contributed by atoms with van der Waals surface area (Å²) in [4.78, 5) is 19.3.